The van der Waals surface area contributed by atoms with Gasteiger partial charge >= 0.3 is 12.1 Å². The molecule has 1 aromatic carbocycles. The summed E-state index contributed by atoms with van der Waals surface area (Å²) in [5, 5.41) is 13.5. The molecule has 3 heterocycles. The molecule has 0 saturated heterocycles. The Morgan fingerprint density at radius 2 is 1.88 bits per heavy atom. The zero-order chi connectivity index (χ0) is 30.3. The molecular formula is C28H31ClF3N5O3Si. The SMILES string of the molecule is C[C@H](Cn1ncc(-c2[nH]cc(-c3cccc(C(=O)O)c3Cl)c2-c2ccncn2)c1C(F)(F)F)O[Si](C)(C)C(C)(C)C. The number of rotatable bonds is 8. The van der Waals surface area contributed by atoms with Gasteiger partial charge in [0.2, 0.25) is 0 Å². The Kier molecular flexibility index (Phi) is 8.23. The quantitative estimate of drug-likeness (QED) is 0.199. The smallest absolute Gasteiger partial charge is 0.433 e. The highest BCUT2D eigenvalue weighted by Gasteiger charge is 2.42. The predicted molar refractivity (Wildman–Crippen MR) is 153 cm³/mol. The fourth-order valence-corrected chi connectivity index (χ4v) is 6.17. The van der Waals surface area contributed by atoms with Gasteiger partial charge in [-0.3, -0.25) is 4.68 Å². The number of hydrogen-bond acceptors (Lipinski definition) is 5. The van der Waals surface area contributed by atoms with E-state index in [0.717, 1.165) is 10.9 Å². The van der Waals surface area contributed by atoms with E-state index in [1.165, 1.54) is 30.9 Å². The van der Waals surface area contributed by atoms with Gasteiger partial charge in [-0.05, 0) is 37.2 Å². The summed E-state index contributed by atoms with van der Waals surface area (Å²) in [7, 11) is -2.24. The number of alkyl halides is 3. The number of carboxylic acid groups (broad SMARTS) is 1. The Morgan fingerprint density at radius 3 is 2.46 bits per heavy atom. The lowest BCUT2D eigenvalue weighted by atomic mass is 9.96. The highest BCUT2D eigenvalue weighted by atomic mass is 35.5. The van der Waals surface area contributed by atoms with Crippen molar-refractivity contribution < 1.29 is 27.5 Å². The van der Waals surface area contributed by atoms with E-state index in [1.54, 1.807) is 19.1 Å². The second-order valence-electron chi connectivity index (χ2n) is 11.3. The molecule has 0 aliphatic rings. The molecule has 3 aromatic heterocycles. The number of H-pyrrole nitrogens is 1. The van der Waals surface area contributed by atoms with Gasteiger partial charge < -0.3 is 14.5 Å². The summed E-state index contributed by atoms with van der Waals surface area (Å²) in [4.78, 5) is 22.9. The van der Waals surface area contributed by atoms with Crippen molar-refractivity contribution in [3.05, 3.63) is 65.5 Å². The Balaban J connectivity index is 1.88. The van der Waals surface area contributed by atoms with Gasteiger partial charge in [0.15, 0.2) is 14.0 Å². The molecular weight excluding hydrogens is 575 g/mol. The van der Waals surface area contributed by atoms with E-state index >= 15 is 0 Å². The number of aromatic carboxylic acids is 1. The average molecular weight is 606 g/mol. The molecule has 0 saturated carbocycles. The van der Waals surface area contributed by atoms with Crippen LogP contribution in [0, 0.1) is 0 Å². The van der Waals surface area contributed by atoms with E-state index in [9.17, 15) is 23.1 Å². The molecule has 2 N–H and O–H groups in total. The van der Waals surface area contributed by atoms with Crippen molar-refractivity contribution in [2.75, 3.05) is 0 Å². The highest BCUT2D eigenvalue weighted by Crippen LogP contribution is 2.45. The molecule has 0 amide bonds. The summed E-state index contributed by atoms with van der Waals surface area (Å²) in [6, 6.07) is 6.02. The fourth-order valence-electron chi connectivity index (χ4n) is 4.42. The Morgan fingerprint density at radius 1 is 1.17 bits per heavy atom. The normalized spacial score (nSPS) is 13.4. The van der Waals surface area contributed by atoms with E-state index in [2.05, 4.69) is 40.8 Å². The van der Waals surface area contributed by atoms with Crippen LogP contribution in [-0.4, -0.2) is 50.2 Å². The summed E-state index contributed by atoms with van der Waals surface area (Å²) < 4.78 is 51.2. The lowest BCUT2D eigenvalue weighted by Crippen LogP contribution is -2.44. The maximum atomic E-state index is 14.7. The maximum absolute atomic E-state index is 14.7. The topological polar surface area (TPSA) is 106 Å². The zero-order valence-corrected chi connectivity index (χ0v) is 25.2. The number of halogens is 4. The number of aromatic amines is 1. The number of carboxylic acids is 1. The molecule has 1 atom stereocenters. The van der Waals surface area contributed by atoms with Gasteiger partial charge in [-0.15, -0.1) is 0 Å². The van der Waals surface area contributed by atoms with Crippen molar-refractivity contribution >= 4 is 25.9 Å². The van der Waals surface area contributed by atoms with Gasteiger partial charge in [-0.1, -0.05) is 44.5 Å². The molecule has 13 heteroatoms. The minimum atomic E-state index is -4.75. The number of nitrogens with one attached hydrogen (secondary N) is 1. The minimum absolute atomic E-state index is 0.0517. The second kappa shape index (κ2) is 11.1. The van der Waals surface area contributed by atoms with E-state index in [-0.39, 0.29) is 33.4 Å². The van der Waals surface area contributed by atoms with Crippen LogP contribution in [0.5, 0.6) is 0 Å². The van der Waals surface area contributed by atoms with Crippen molar-refractivity contribution in [1.82, 2.24) is 24.7 Å². The summed E-state index contributed by atoms with van der Waals surface area (Å²) in [5.74, 6) is -1.23. The molecule has 0 fully saturated rings. The Bertz CT molecular complexity index is 1560. The highest BCUT2D eigenvalue weighted by molar-refractivity contribution is 6.74. The van der Waals surface area contributed by atoms with E-state index in [4.69, 9.17) is 16.0 Å². The van der Waals surface area contributed by atoms with Crippen LogP contribution in [0.25, 0.3) is 33.6 Å². The molecule has 4 aromatic rings. The third-order valence-electron chi connectivity index (χ3n) is 7.35. The molecule has 0 bridgehead atoms. The monoisotopic (exact) mass is 605 g/mol. The van der Waals surface area contributed by atoms with Gasteiger partial charge in [0.1, 0.15) is 6.33 Å². The van der Waals surface area contributed by atoms with E-state index in [1.807, 2.05) is 13.1 Å². The fraction of sp³-hybridized carbons (Fsp3) is 0.357. The molecule has 0 spiro atoms. The lowest BCUT2D eigenvalue weighted by molar-refractivity contribution is -0.144. The summed E-state index contributed by atoms with van der Waals surface area (Å²) in [6.45, 7) is 11.9. The number of benzene rings is 1. The van der Waals surface area contributed by atoms with E-state index < -0.39 is 32.3 Å². The van der Waals surface area contributed by atoms with Crippen molar-refractivity contribution in [2.45, 2.75) is 64.7 Å². The van der Waals surface area contributed by atoms with Gasteiger partial charge in [-0.25, -0.2) is 14.8 Å². The van der Waals surface area contributed by atoms with E-state index in [0.29, 0.717) is 22.4 Å². The number of hydrogen-bond donors (Lipinski definition) is 2. The minimum Gasteiger partial charge on any atom is -0.478 e. The first-order chi connectivity index (χ1) is 19.0. The summed E-state index contributed by atoms with van der Waals surface area (Å²) in [5.41, 5.74) is 0.139. The van der Waals surface area contributed by atoms with Crippen molar-refractivity contribution in [3.8, 4) is 33.6 Å². The van der Waals surface area contributed by atoms with Crippen LogP contribution in [0.15, 0.2) is 49.2 Å². The van der Waals surface area contributed by atoms with Crippen LogP contribution >= 0.6 is 11.6 Å². The molecule has 0 radical (unpaired) electrons. The molecule has 41 heavy (non-hydrogen) atoms. The van der Waals surface area contributed by atoms with Crippen LogP contribution in [-0.2, 0) is 17.1 Å². The first-order valence-corrected chi connectivity index (χ1v) is 16.1. The van der Waals surface area contributed by atoms with Crippen LogP contribution in [0.1, 0.15) is 43.7 Å². The molecule has 0 unspecified atom stereocenters. The summed E-state index contributed by atoms with van der Waals surface area (Å²) in [6.07, 6.45) is 0.114. The van der Waals surface area contributed by atoms with Crippen LogP contribution in [0.3, 0.4) is 0 Å². The first-order valence-electron chi connectivity index (χ1n) is 12.8. The largest absolute Gasteiger partial charge is 0.478 e. The first kappa shape index (κ1) is 30.5. The van der Waals surface area contributed by atoms with Gasteiger partial charge in [-0.2, -0.15) is 18.3 Å². The lowest BCUT2D eigenvalue weighted by Gasteiger charge is -2.38. The van der Waals surface area contributed by atoms with Gasteiger partial charge in [0.05, 0.1) is 40.8 Å². The van der Waals surface area contributed by atoms with Gasteiger partial charge in [0, 0.05) is 34.6 Å². The summed E-state index contributed by atoms with van der Waals surface area (Å²) >= 11 is 6.47. The van der Waals surface area contributed by atoms with Crippen molar-refractivity contribution in [1.29, 1.82) is 0 Å². The van der Waals surface area contributed by atoms with Crippen molar-refractivity contribution in [3.63, 3.8) is 0 Å². The number of nitrogens with zero attached hydrogens (tertiary/aromatic N) is 4. The third kappa shape index (κ3) is 6.09. The maximum Gasteiger partial charge on any atom is 0.433 e. The third-order valence-corrected chi connectivity index (χ3v) is 12.4. The van der Waals surface area contributed by atoms with Crippen molar-refractivity contribution in [2.24, 2.45) is 0 Å². The number of aromatic nitrogens is 5. The predicted octanol–water partition coefficient (Wildman–Crippen LogP) is 7.78. The number of carbonyl (C=O) groups is 1. The molecule has 0 aliphatic heterocycles. The van der Waals surface area contributed by atoms with Crippen LogP contribution < -0.4 is 0 Å². The standard InChI is InChI=1S/C28H31ClF3N5O3Si/c1-16(40-41(5,6)27(2,3)4)14-37-25(28(30,31)32)20(13-36-37)24-22(21-10-11-33-15-35-21)19(12-34-24)17-8-7-9-18(23(17)29)26(38)39/h7-13,15-16,34H,14H2,1-6H3,(H,38,39)/t16-/m1/s1. The molecule has 0 aliphatic carbocycles. The van der Waals surface area contributed by atoms with Crippen LogP contribution in [0.2, 0.25) is 23.2 Å². The molecule has 218 valence electrons. The zero-order valence-electron chi connectivity index (χ0n) is 23.5. The average Bonchev–Trinajstić information content (AvgIpc) is 3.47. The Labute approximate surface area is 241 Å². The molecule has 8 nitrogen and oxygen atoms in total. The van der Waals surface area contributed by atoms with Crippen LogP contribution in [0.4, 0.5) is 13.2 Å². The second-order valence-corrected chi connectivity index (χ2v) is 16.4. The Hall–Kier alpha value is -3.48. The molecule has 4 rings (SSSR count). The van der Waals surface area contributed by atoms with Gasteiger partial charge in [0.25, 0.3) is 0 Å².